The van der Waals surface area contributed by atoms with Crippen LogP contribution in [0.15, 0.2) is 54.9 Å². The normalized spacial score (nSPS) is 10.7. The summed E-state index contributed by atoms with van der Waals surface area (Å²) in [5, 5.41) is 4.06. The van der Waals surface area contributed by atoms with Crippen molar-refractivity contribution in [2.45, 2.75) is 19.9 Å². The number of carbonyl (C=O) groups excluding carboxylic acids is 2. The summed E-state index contributed by atoms with van der Waals surface area (Å²) in [5.41, 5.74) is 3.01. The summed E-state index contributed by atoms with van der Waals surface area (Å²) in [6, 6.07) is 13.6. The van der Waals surface area contributed by atoms with E-state index >= 15 is 0 Å². The molecule has 134 valence electrons. The molecule has 2 heterocycles. The highest BCUT2D eigenvalue weighted by molar-refractivity contribution is 5.84. The van der Waals surface area contributed by atoms with Crippen molar-refractivity contribution in [3.8, 4) is 0 Å². The van der Waals surface area contributed by atoms with Crippen LogP contribution in [0.2, 0.25) is 0 Å². The van der Waals surface area contributed by atoms with Crippen molar-refractivity contribution in [2.75, 3.05) is 13.1 Å². The van der Waals surface area contributed by atoms with Crippen molar-refractivity contribution in [3.05, 3.63) is 66.1 Å². The molecule has 0 radical (unpaired) electrons. The second-order valence-electron chi connectivity index (χ2n) is 6.16. The zero-order valence-corrected chi connectivity index (χ0v) is 14.7. The third kappa shape index (κ3) is 4.47. The van der Waals surface area contributed by atoms with E-state index in [1.807, 2.05) is 42.6 Å². The molecule has 0 aliphatic carbocycles. The van der Waals surface area contributed by atoms with Crippen LogP contribution in [0.4, 0.5) is 0 Å². The van der Waals surface area contributed by atoms with Crippen LogP contribution in [-0.4, -0.2) is 39.8 Å². The van der Waals surface area contributed by atoms with Gasteiger partial charge in [0.2, 0.25) is 11.8 Å². The molecule has 0 aliphatic rings. The summed E-state index contributed by atoms with van der Waals surface area (Å²) in [6.45, 7) is 2.34. The molecule has 0 aliphatic heterocycles. The van der Waals surface area contributed by atoms with Crippen molar-refractivity contribution >= 4 is 22.7 Å². The van der Waals surface area contributed by atoms with Crippen LogP contribution in [0.3, 0.4) is 0 Å². The largest absolute Gasteiger partial charge is 0.361 e. The number of carbonyl (C=O) groups is 2. The Hall–Kier alpha value is -3.15. The molecule has 1 aromatic carbocycles. The molecule has 0 saturated carbocycles. The summed E-state index contributed by atoms with van der Waals surface area (Å²) in [7, 11) is 0. The Balaban J connectivity index is 1.51. The highest BCUT2D eigenvalue weighted by Gasteiger charge is 2.14. The van der Waals surface area contributed by atoms with E-state index < -0.39 is 0 Å². The Bertz CT molecular complexity index is 889. The first-order valence-corrected chi connectivity index (χ1v) is 8.60. The Morgan fingerprint density at radius 2 is 1.96 bits per heavy atom. The average molecular weight is 350 g/mol. The van der Waals surface area contributed by atoms with Crippen LogP contribution < -0.4 is 5.32 Å². The number of nitrogens with zero attached hydrogens (tertiary/aromatic N) is 2. The molecule has 0 spiro atoms. The minimum absolute atomic E-state index is 0.0276. The van der Waals surface area contributed by atoms with Gasteiger partial charge in [-0.3, -0.25) is 14.6 Å². The summed E-state index contributed by atoms with van der Waals surface area (Å²) >= 11 is 0. The molecular weight excluding hydrogens is 328 g/mol. The van der Waals surface area contributed by atoms with Gasteiger partial charge in [-0.25, -0.2) is 0 Å². The van der Waals surface area contributed by atoms with Gasteiger partial charge in [0.05, 0.1) is 18.8 Å². The summed E-state index contributed by atoms with van der Waals surface area (Å²) in [5.74, 6) is -0.321. The van der Waals surface area contributed by atoms with Gasteiger partial charge in [0, 0.05) is 36.8 Å². The topological polar surface area (TPSA) is 78.1 Å². The van der Waals surface area contributed by atoms with Crippen LogP contribution in [0.25, 0.3) is 10.9 Å². The molecule has 0 unspecified atom stereocenters. The maximum absolute atomic E-state index is 12.2. The lowest BCUT2D eigenvalue weighted by molar-refractivity contribution is -0.134. The van der Waals surface area contributed by atoms with E-state index in [1.165, 1.54) is 17.2 Å². The van der Waals surface area contributed by atoms with Crippen molar-refractivity contribution < 1.29 is 9.59 Å². The molecule has 6 heteroatoms. The van der Waals surface area contributed by atoms with Gasteiger partial charge in [0.25, 0.3) is 0 Å². The summed E-state index contributed by atoms with van der Waals surface area (Å²) in [6.07, 6.45) is 4.38. The standard InChI is InChI=1S/C20H22N4O2/c1-15(25)24(13-17-6-4-5-10-21-17)14-20(26)22-11-9-16-12-23-19-8-3-2-7-18(16)19/h2-8,10,12,23H,9,11,13-14H2,1H3,(H,22,26). The van der Waals surface area contributed by atoms with Crippen LogP contribution in [0, 0.1) is 0 Å². The highest BCUT2D eigenvalue weighted by atomic mass is 16.2. The lowest BCUT2D eigenvalue weighted by Gasteiger charge is -2.20. The van der Waals surface area contributed by atoms with Gasteiger partial charge in [-0.1, -0.05) is 24.3 Å². The fraction of sp³-hybridized carbons (Fsp3) is 0.250. The second-order valence-corrected chi connectivity index (χ2v) is 6.16. The summed E-state index contributed by atoms with van der Waals surface area (Å²) < 4.78 is 0. The lowest BCUT2D eigenvalue weighted by Crippen LogP contribution is -2.40. The van der Waals surface area contributed by atoms with Crippen LogP contribution in [0.1, 0.15) is 18.2 Å². The zero-order valence-electron chi connectivity index (χ0n) is 14.7. The molecular formula is C20H22N4O2. The smallest absolute Gasteiger partial charge is 0.239 e. The van der Waals surface area contributed by atoms with Crippen molar-refractivity contribution in [2.24, 2.45) is 0 Å². The predicted octanol–water partition coefficient (Wildman–Crippen LogP) is 2.27. The maximum atomic E-state index is 12.2. The van der Waals surface area contributed by atoms with E-state index in [1.54, 1.807) is 6.20 Å². The number of benzene rings is 1. The minimum atomic E-state index is -0.170. The number of hydrogen-bond donors (Lipinski definition) is 2. The highest BCUT2D eigenvalue weighted by Crippen LogP contribution is 2.17. The van der Waals surface area contributed by atoms with E-state index in [9.17, 15) is 9.59 Å². The predicted molar refractivity (Wildman–Crippen MR) is 100 cm³/mol. The molecule has 6 nitrogen and oxygen atoms in total. The Labute approximate surface area is 152 Å². The van der Waals surface area contributed by atoms with E-state index in [2.05, 4.69) is 21.4 Å². The fourth-order valence-electron chi connectivity index (χ4n) is 2.87. The molecule has 3 aromatic rings. The van der Waals surface area contributed by atoms with Crippen molar-refractivity contribution in [1.82, 2.24) is 20.2 Å². The van der Waals surface area contributed by atoms with Crippen LogP contribution in [-0.2, 0) is 22.6 Å². The SMILES string of the molecule is CC(=O)N(CC(=O)NCCc1c[nH]c2ccccc12)Cc1ccccn1. The third-order valence-electron chi connectivity index (χ3n) is 4.25. The van der Waals surface area contributed by atoms with Gasteiger partial charge in [0.15, 0.2) is 0 Å². The third-order valence-corrected chi connectivity index (χ3v) is 4.25. The number of aromatic nitrogens is 2. The number of pyridine rings is 1. The monoisotopic (exact) mass is 350 g/mol. The van der Waals surface area contributed by atoms with Gasteiger partial charge in [0.1, 0.15) is 0 Å². The average Bonchev–Trinajstić information content (AvgIpc) is 3.05. The number of hydrogen-bond acceptors (Lipinski definition) is 3. The molecule has 2 amide bonds. The summed E-state index contributed by atoms with van der Waals surface area (Å²) in [4.78, 5) is 32.9. The molecule has 0 saturated heterocycles. The second kappa shape index (κ2) is 8.29. The fourth-order valence-corrected chi connectivity index (χ4v) is 2.87. The van der Waals surface area contributed by atoms with Gasteiger partial charge in [-0.15, -0.1) is 0 Å². The number of para-hydroxylation sites is 1. The van der Waals surface area contributed by atoms with Gasteiger partial charge >= 0.3 is 0 Å². The maximum Gasteiger partial charge on any atom is 0.239 e. The Morgan fingerprint density at radius 3 is 2.73 bits per heavy atom. The number of nitrogens with one attached hydrogen (secondary N) is 2. The molecule has 2 aromatic heterocycles. The van der Waals surface area contributed by atoms with Gasteiger partial charge in [-0.05, 0) is 30.2 Å². The Kier molecular flexibility index (Phi) is 5.63. The Morgan fingerprint density at radius 1 is 1.15 bits per heavy atom. The molecule has 0 bridgehead atoms. The lowest BCUT2D eigenvalue weighted by atomic mass is 10.1. The number of fused-ring (bicyclic) bond motifs is 1. The van der Waals surface area contributed by atoms with Crippen LogP contribution in [0.5, 0.6) is 0 Å². The van der Waals surface area contributed by atoms with E-state index in [4.69, 9.17) is 0 Å². The van der Waals surface area contributed by atoms with Crippen molar-refractivity contribution in [1.29, 1.82) is 0 Å². The number of aromatic amines is 1. The molecule has 26 heavy (non-hydrogen) atoms. The van der Waals surface area contributed by atoms with Crippen LogP contribution >= 0.6 is 0 Å². The van der Waals surface area contributed by atoms with E-state index in [-0.39, 0.29) is 18.4 Å². The first-order chi connectivity index (χ1) is 12.6. The number of amides is 2. The van der Waals surface area contributed by atoms with Gasteiger partial charge < -0.3 is 15.2 Å². The molecule has 0 atom stereocenters. The zero-order chi connectivity index (χ0) is 18.4. The molecule has 0 fully saturated rings. The number of H-pyrrole nitrogens is 1. The quantitative estimate of drug-likeness (QED) is 0.686. The number of rotatable bonds is 7. The molecule has 3 rings (SSSR count). The van der Waals surface area contributed by atoms with Crippen molar-refractivity contribution in [3.63, 3.8) is 0 Å². The van der Waals surface area contributed by atoms with Gasteiger partial charge in [-0.2, -0.15) is 0 Å². The van der Waals surface area contributed by atoms with E-state index in [0.29, 0.717) is 13.1 Å². The first-order valence-electron chi connectivity index (χ1n) is 8.60. The minimum Gasteiger partial charge on any atom is -0.361 e. The first kappa shape index (κ1) is 17.7. The van der Waals surface area contributed by atoms with E-state index in [0.717, 1.165) is 23.2 Å². The molecule has 2 N–H and O–H groups in total.